The molecule has 0 radical (unpaired) electrons. The van der Waals surface area contributed by atoms with Crippen LogP contribution in [0.4, 0.5) is 0 Å². The van der Waals surface area contributed by atoms with Crippen LogP contribution in [0.2, 0.25) is 0 Å². The number of imidazole rings is 1. The third-order valence-electron chi connectivity index (χ3n) is 5.38. The predicted octanol–water partition coefficient (Wildman–Crippen LogP) is 3.29. The lowest BCUT2D eigenvalue weighted by molar-refractivity contribution is 0.0997. The molecule has 0 unspecified atom stereocenters. The number of primary amides is 1. The summed E-state index contributed by atoms with van der Waals surface area (Å²) in [6.07, 6.45) is 0. The molecule has 30 heavy (non-hydrogen) atoms. The molecule has 0 aliphatic carbocycles. The van der Waals surface area contributed by atoms with E-state index in [1.54, 1.807) is 0 Å². The maximum absolute atomic E-state index is 13.3. The van der Waals surface area contributed by atoms with E-state index in [1.165, 1.54) is 9.13 Å². The van der Waals surface area contributed by atoms with E-state index in [9.17, 15) is 9.59 Å². The first-order valence-corrected chi connectivity index (χ1v) is 9.79. The first-order valence-electron chi connectivity index (χ1n) is 9.79. The average Bonchev–Trinajstić information content (AvgIpc) is 3.00. The lowest BCUT2D eigenvalue weighted by Crippen LogP contribution is -2.23. The molecule has 2 N–H and O–H groups in total. The Morgan fingerprint density at radius 1 is 1.00 bits per heavy atom. The predicted molar refractivity (Wildman–Crippen MR) is 117 cm³/mol. The van der Waals surface area contributed by atoms with E-state index in [0.29, 0.717) is 29.2 Å². The minimum atomic E-state index is -0.699. The summed E-state index contributed by atoms with van der Waals surface area (Å²) in [4.78, 5) is 34.7. The van der Waals surface area contributed by atoms with Gasteiger partial charge in [-0.2, -0.15) is 0 Å². The Kier molecular flexibility index (Phi) is 4.73. The molecule has 2 aromatic heterocycles. The van der Waals surface area contributed by atoms with E-state index in [2.05, 4.69) is 4.98 Å². The van der Waals surface area contributed by atoms with Crippen molar-refractivity contribution >= 4 is 17.1 Å². The number of hydrogen-bond acceptors (Lipinski definition) is 4. The highest BCUT2D eigenvalue weighted by molar-refractivity contribution is 6.02. The third kappa shape index (κ3) is 3.08. The normalized spacial score (nSPS) is 11.2. The largest absolute Gasteiger partial charge is 0.364 e. The van der Waals surface area contributed by atoms with Crippen LogP contribution < -0.4 is 11.4 Å². The van der Waals surface area contributed by atoms with Crippen molar-refractivity contribution in [2.75, 3.05) is 0 Å². The number of carbonyl (C=O) groups excluding carboxylic acids is 1. The molecule has 7 nitrogen and oxygen atoms in total. The Bertz CT molecular complexity index is 1350. The van der Waals surface area contributed by atoms with Gasteiger partial charge in [-0.25, -0.2) is 19.3 Å². The van der Waals surface area contributed by atoms with Gasteiger partial charge in [-0.1, -0.05) is 35.9 Å². The molecule has 0 saturated heterocycles. The number of aryl methyl sites for hydroxylation is 4. The maximum Gasteiger partial charge on any atom is 0.335 e. The molecule has 7 heteroatoms. The molecule has 4 aromatic rings. The zero-order valence-electron chi connectivity index (χ0n) is 17.4. The number of rotatable bonds is 4. The number of fused-ring (bicyclic) bond motifs is 1. The summed E-state index contributed by atoms with van der Waals surface area (Å²) >= 11 is 0. The van der Waals surface area contributed by atoms with Gasteiger partial charge in [0.25, 0.3) is 5.91 Å². The summed E-state index contributed by atoms with van der Waals surface area (Å²) in [5, 5.41) is 0. The van der Waals surface area contributed by atoms with Crippen LogP contribution in [0, 0.1) is 20.8 Å². The number of nitrogens with two attached hydrogens (primary N) is 1. The van der Waals surface area contributed by atoms with Crippen LogP contribution in [0.5, 0.6) is 0 Å². The first kappa shape index (κ1) is 19.6. The monoisotopic (exact) mass is 401 g/mol. The fourth-order valence-corrected chi connectivity index (χ4v) is 3.55. The van der Waals surface area contributed by atoms with Crippen LogP contribution in [0.1, 0.15) is 34.1 Å². The average molecular weight is 401 g/mol. The van der Waals surface area contributed by atoms with Crippen LogP contribution >= 0.6 is 0 Å². The maximum atomic E-state index is 13.3. The zero-order chi connectivity index (χ0) is 21.6. The first-order chi connectivity index (χ1) is 14.3. The van der Waals surface area contributed by atoms with Crippen LogP contribution in [-0.4, -0.2) is 25.0 Å². The van der Waals surface area contributed by atoms with Gasteiger partial charge >= 0.3 is 5.69 Å². The second-order valence-electron chi connectivity index (χ2n) is 7.43. The van der Waals surface area contributed by atoms with Crippen molar-refractivity contribution in [1.82, 2.24) is 19.1 Å². The number of carbonyl (C=O) groups is 1. The number of hydrogen-bond donors (Lipinski definition) is 1. The van der Waals surface area contributed by atoms with Crippen LogP contribution in [0.3, 0.4) is 0 Å². The SMILES string of the molecule is CCn1c(=O)n(-c2ccc(C)c(C)c2)c2nc(-c3ccc(C)cc3)nc(C(N)=O)c21. The molecule has 0 saturated carbocycles. The highest BCUT2D eigenvalue weighted by Crippen LogP contribution is 2.24. The van der Waals surface area contributed by atoms with Gasteiger partial charge in [0.15, 0.2) is 17.2 Å². The highest BCUT2D eigenvalue weighted by Gasteiger charge is 2.23. The van der Waals surface area contributed by atoms with Crippen molar-refractivity contribution < 1.29 is 4.79 Å². The lowest BCUT2D eigenvalue weighted by Gasteiger charge is -2.08. The van der Waals surface area contributed by atoms with Gasteiger partial charge in [0.1, 0.15) is 5.52 Å². The Hall–Kier alpha value is -3.74. The van der Waals surface area contributed by atoms with Crippen molar-refractivity contribution in [1.29, 1.82) is 0 Å². The molecular weight excluding hydrogens is 378 g/mol. The second-order valence-corrected chi connectivity index (χ2v) is 7.43. The smallest absolute Gasteiger partial charge is 0.335 e. The quantitative estimate of drug-likeness (QED) is 0.567. The summed E-state index contributed by atoms with van der Waals surface area (Å²) in [6.45, 7) is 8.19. The van der Waals surface area contributed by atoms with Gasteiger partial charge < -0.3 is 5.73 Å². The molecule has 0 bridgehead atoms. The topological polar surface area (TPSA) is 95.8 Å². The van der Waals surface area contributed by atoms with E-state index < -0.39 is 5.91 Å². The molecule has 2 aromatic carbocycles. The molecule has 4 rings (SSSR count). The zero-order valence-corrected chi connectivity index (χ0v) is 17.4. The minimum absolute atomic E-state index is 0.0390. The van der Waals surface area contributed by atoms with Gasteiger partial charge in [-0.15, -0.1) is 0 Å². The molecule has 0 spiro atoms. The summed E-state index contributed by atoms with van der Waals surface area (Å²) in [7, 11) is 0. The van der Waals surface area contributed by atoms with Gasteiger partial charge in [0, 0.05) is 12.1 Å². The van der Waals surface area contributed by atoms with Crippen LogP contribution in [0.15, 0.2) is 47.3 Å². The fraction of sp³-hybridized carbons (Fsp3) is 0.217. The van der Waals surface area contributed by atoms with Gasteiger partial charge in [-0.05, 0) is 51.0 Å². The molecular formula is C23H23N5O2. The Balaban J connectivity index is 2.12. The molecule has 0 atom stereocenters. The Labute approximate surface area is 173 Å². The van der Waals surface area contributed by atoms with Crippen molar-refractivity contribution in [3.63, 3.8) is 0 Å². The lowest BCUT2D eigenvalue weighted by atomic mass is 10.1. The molecule has 2 heterocycles. The van der Waals surface area contributed by atoms with E-state index in [0.717, 1.165) is 22.3 Å². The summed E-state index contributed by atoms with van der Waals surface area (Å²) < 4.78 is 3.01. The fourth-order valence-electron chi connectivity index (χ4n) is 3.55. The summed E-state index contributed by atoms with van der Waals surface area (Å²) in [6, 6.07) is 13.4. The van der Waals surface area contributed by atoms with Crippen molar-refractivity contribution in [2.45, 2.75) is 34.2 Å². The summed E-state index contributed by atoms with van der Waals surface area (Å²) in [5.41, 5.74) is 10.8. The van der Waals surface area contributed by atoms with Gasteiger partial charge in [0.05, 0.1) is 5.69 Å². The number of benzene rings is 2. The Morgan fingerprint density at radius 3 is 2.30 bits per heavy atom. The van der Waals surface area contributed by atoms with Crippen molar-refractivity contribution in [3.05, 3.63) is 75.3 Å². The highest BCUT2D eigenvalue weighted by atomic mass is 16.2. The van der Waals surface area contributed by atoms with Crippen molar-refractivity contribution in [3.8, 4) is 17.1 Å². The molecule has 0 aliphatic heterocycles. The standard InChI is InChI=1S/C23H23N5O2/c1-5-27-19-18(20(24)29)25-21(16-9-6-13(2)7-10-16)26-22(19)28(23(27)30)17-11-8-14(3)15(4)12-17/h6-12H,5H2,1-4H3,(H2,24,29). The van der Waals surface area contributed by atoms with Crippen LogP contribution in [-0.2, 0) is 6.54 Å². The van der Waals surface area contributed by atoms with E-state index in [1.807, 2.05) is 70.2 Å². The second kappa shape index (κ2) is 7.26. The van der Waals surface area contributed by atoms with Gasteiger partial charge in [0.2, 0.25) is 0 Å². The summed E-state index contributed by atoms with van der Waals surface area (Å²) in [5.74, 6) is -0.350. The number of nitrogens with zero attached hydrogens (tertiary/aromatic N) is 4. The van der Waals surface area contributed by atoms with E-state index in [4.69, 9.17) is 10.7 Å². The minimum Gasteiger partial charge on any atom is -0.364 e. The Morgan fingerprint density at radius 2 is 1.70 bits per heavy atom. The number of amides is 1. The number of aromatic nitrogens is 4. The molecule has 152 valence electrons. The van der Waals surface area contributed by atoms with Crippen molar-refractivity contribution in [2.24, 2.45) is 5.73 Å². The molecule has 0 aliphatic rings. The van der Waals surface area contributed by atoms with E-state index in [-0.39, 0.29) is 11.4 Å². The molecule has 1 amide bonds. The molecule has 0 fully saturated rings. The third-order valence-corrected chi connectivity index (χ3v) is 5.38. The van der Waals surface area contributed by atoms with Crippen LogP contribution in [0.25, 0.3) is 28.2 Å². The van der Waals surface area contributed by atoms with E-state index >= 15 is 0 Å². The van der Waals surface area contributed by atoms with Gasteiger partial charge in [-0.3, -0.25) is 9.36 Å².